The molecule has 0 aliphatic carbocycles. The number of hydrogen-bond donors (Lipinski definition) is 0. The summed E-state index contributed by atoms with van der Waals surface area (Å²) in [6.45, 7) is 14.8. The largest absolute Gasteiger partial charge is 0.463 e. The van der Waals surface area contributed by atoms with Gasteiger partial charge in [0.25, 0.3) is 0 Å². The first-order valence-corrected chi connectivity index (χ1v) is 19.1. The zero-order valence-corrected chi connectivity index (χ0v) is 31.8. The van der Waals surface area contributed by atoms with E-state index in [9.17, 15) is 4.79 Å². The lowest BCUT2D eigenvalue weighted by Gasteiger charge is -2.09. The molecule has 14 nitrogen and oxygen atoms in total. The van der Waals surface area contributed by atoms with E-state index in [1.165, 1.54) is 19.3 Å². The smallest absolute Gasteiger partial charge is 0.305 e. The Labute approximate surface area is 303 Å². The van der Waals surface area contributed by atoms with Crippen molar-refractivity contribution in [1.82, 2.24) is 0 Å². The number of unbranched alkanes of at least 4 members (excludes halogenated alkanes) is 4. The monoisotopic (exact) mass is 778 g/mol. The molecule has 0 fully saturated rings. The van der Waals surface area contributed by atoms with Crippen molar-refractivity contribution in [3.8, 4) is 0 Å². The summed E-state index contributed by atoms with van der Waals surface area (Å²) in [6, 6.07) is 0. The van der Waals surface area contributed by atoms with Gasteiger partial charge in [-0.1, -0.05) is 48.5 Å². The molecule has 0 aliphatic rings. The van der Waals surface area contributed by atoms with E-state index >= 15 is 0 Å². The summed E-state index contributed by atoms with van der Waals surface area (Å²) >= 11 is 3.30. The Balaban J connectivity index is 3.08. The molecule has 0 saturated carbocycles. The van der Waals surface area contributed by atoms with Crippen LogP contribution in [0, 0.1) is 0 Å². The molecule has 0 bridgehead atoms. The molecule has 15 heteroatoms. The average molecular weight is 780 g/mol. The van der Waals surface area contributed by atoms with Crippen molar-refractivity contribution in [2.75, 3.05) is 171 Å². The molecular formula is C34H67BrO14. The third-order valence-corrected chi connectivity index (χ3v) is 6.61. The Kier molecular flexibility index (Phi) is 45.0. The van der Waals surface area contributed by atoms with Crippen LogP contribution < -0.4 is 0 Å². The summed E-state index contributed by atoms with van der Waals surface area (Å²) < 4.78 is 70.5. The van der Waals surface area contributed by atoms with E-state index in [2.05, 4.69) is 22.9 Å². The van der Waals surface area contributed by atoms with E-state index in [-0.39, 0.29) is 12.6 Å². The Morgan fingerprint density at radius 1 is 0.347 bits per heavy atom. The van der Waals surface area contributed by atoms with Gasteiger partial charge in [0.2, 0.25) is 0 Å². The summed E-state index contributed by atoms with van der Waals surface area (Å²) in [5.41, 5.74) is 0. The van der Waals surface area contributed by atoms with E-state index in [0.717, 1.165) is 18.2 Å². The number of carbonyl (C=O) groups is 1. The second-order valence-electron chi connectivity index (χ2n) is 10.4. The number of ether oxygens (including phenoxy) is 13. The van der Waals surface area contributed by atoms with Crippen LogP contribution in [-0.2, 0) is 66.4 Å². The number of halogens is 1. The maximum atomic E-state index is 11.6. The summed E-state index contributed by atoms with van der Waals surface area (Å²) in [5.74, 6) is -0.148. The summed E-state index contributed by atoms with van der Waals surface area (Å²) in [5, 5.41) is 0.835. The van der Waals surface area contributed by atoms with E-state index < -0.39 is 0 Å². The number of esters is 1. The summed E-state index contributed by atoms with van der Waals surface area (Å²) in [7, 11) is 0. The Morgan fingerprint density at radius 2 is 0.592 bits per heavy atom. The van der Waals surface area contributed by atoms with E-state index in [4.69, 9.17) is 61.6 Å². The van der Waals surface area contributed by atoms with E-state index in [1.807, 2.05) is 0 Å². The molecule has 0 rings (SSSR count). The molecule has 0 aromatic rings. The molecule has 0 aromatic carbocycles. The van der Waals surface area contributed by atoms with Crippen LogP contribution in [0.4, 0.5) is 0 Å². The first-order chi connectivity index (χ1) is 24.3. The first-order valence-electron chi connectivity index (χ1n) is 18.0. The predicted molar refractivity (Wildman–Crippen MR) is 188 cm³/mol. The highest BCUT2D eigenvalue weighted by Gasteiger charge is 2.02. The van der Waals surface area contributed by atoms with Gasteiger partial charge in [0.15, 0.2) is 0 Å². The van der Waals surface area contributed by atoms with Gasteiger partial charge in [-0.25, -0.2) is 0 Å². The summed E-state index contributed by atoms with van der Waals surface area (Å²) in [6.07, 6.45) is 6.07. The molecule has 294 valence electrons. The molecule has 0 aromatic heterocycles. The molecular weight excluding hydrogens is 712 g/mol. The highest BCUT2D eigenvalue weighted by Crippen LogP contribution is 2.05. The van der Waals surface area contributed by atoms with Gasteiger partial charge in [0.1, 0.15) is 6.61 Å². The fourth-order valence-corrected chi connectivity index (χ4v) is 3.96. The van der Waals surface area contributed by atoms with Crippen LogP contribution in [0.15, 0.2) is 0 Å². The van der Waals surface area contributed by atoms with Crippen LogP contribution in [0.2, 0.25) is 0 Å². The SMILES string of the molecule is CCCCCCCC(=O)OCCOCCOCCOCCOCCOCCOCCOCCOCCOCCOCCOCCOCCBr. The second-order valence-corrected chi connectivity index (χ2v) is 11.2. The summed E-state index contributed by atoms with van der Waals surface area (Å²) in [4.78, 5) is 11.6. The third kappa shape index (κ3) is 45.4. The lowest BCUT2D eigenvalue weighted by atomic mass is 10.1. The van der Waals surface area contributed by atoms with Gasteiger partial charge in [-0.2, -0.15) is 0 Å². The number of carbonyl (C=O) groups excluding carboxylic acids is 1. The number of hydrogen-bond acceptors (Lipinski definition) is 14. The maximum absolute atomic E-state index is 11.6. The minimum absolute atomic E-state index is 0.148. The molecule has 0 atom stereocenters. The van der Waals surface area contributed by atoms with Crippen LogP contribution in [0.1, 0.15) is 45.4 Å². The van der Waals surface area contributed by atoms with Crippen LogP contribution in [0.5, 0.6) is 0 Å². The van der Waals surface area contributed by atoms with Crippen molar-refractivity contribution in [3.63, 3.8) is 0 Å². The topological polar surface area (TPSA) is 137 Å². The third-order valence-electron chi connectivity index (χ3n) is 6.29. The zero-order chi connectivity index (χ0) is 35.4. The van der Waals surface area contributed by atoms with Gasteiger partial charge in [-0.15, -0.1) is 0 Å². The molecule has 0 amide bonds. The van der Waals surface area contributed by atoms with Gasteiger partial charge in [0, 0.05) is 11.8 Å². The molecule has 0 heterocycles. The van der Waals surface area contributed by atoms with Crippen LogP contribution in [0.3, 0.4) is 0 Å². The molecule has 0 aliphatic heterocycles. The van der Waals surface area contributed by atoms with Crippen molar-refractivity contribution in [2.45, 2.75) is 45.4 Å². The zero-order valence-electron chi connectivity index (χ0n) is 30.2. The minimum Gasteiger partial charge on any atom is -0.463 e. The van der Waals surface area contributed by atoms with E-state index in [1.54, 1.807) is 0 Å². The van der Waals surface area contributed by atoms with E-state index in [0.29, 0.717) is 165 Å². The highest BCUT2D eigenvalue weighted by atomic mass is 79.9. The number of rotatable bonds is 44. The highest BCUT2D eigenvalue weighted by molar-refractivity contribution is 9.09. The van der Waals surface area contributed by atoms with Crippen LogP contribution >= 0.6 is 15.9 Å². The Hall–Kier alpha value is -0.530. The van der Waals surface area contributed by atoms with Crippen molar-refractivity contribution in [2.24, 2.45) is 0 Å². The fraction of sp³-hybridized carbons (Fsp3) is 0.971. The second kappa shape index (κ2) is 45.5. The van der Waals surface area contributed by atoms with Gasteiger partial charge in [-0.05, 0) is 6.42 Å². The van der Waals surface area contributed by atoms with Crippen LogP contribution in [0.25, 0.3) is 0 Å². The molecule has 0 N–H and O–H groups in total. The lowest BCUT2D eigenvalue weighted by molar-refractivity contribution is -0.145. The molecule has 0 radical (unpaired) electrons. The molecule has 0 saturated heterocycles. The van der Waals surface area contributed by atoms with Crippen LogP contribution in [-0.4, -0.2) is 176 Å². The normalized spacial score (nSPS) is 11.5. The maximum Gasteiger partial charge on any atom is 0.305 e. The fourth-order valence-electron chi connectivity index (χ4n) is 3.74. The lowest BCUT2D eigenvalue weighted by Crippen LogP contribution is -2.15. The average Bonchev–Trinajstić information content (AvgIpc) is 3.11. The molecule has 0 unspecified atom stereocenters. The number of alkyl halides is 1. The van der Waals surface area contributed by atoms with Gasteiger partial charge in [-0.3, -0.25) is 4.79 Å². The van der Waals surface area contributed by atoms with Crippen molar-refractivity contribution in [1.29, 1.82) is 0 Å². The van der Waals surface area contributed by atoms with Gasteiger partial charge in [0.05, 0.1) is 159 Å². The first kappa shape index (κ1) is 48.5. The van der Waals surface area contributed by atoms with Gasteiger partial charge < -0.3 is 61.6 Å². The standard InChI is InChI=1S/C34H67BrO14/c1-2-3-4-5-6-7-34(36)49-33-32-48-31-30-47-29-28-46-27-26-45-25-24-44-23-22-43-21-20-42-19-18-41-17-16-40-15-14-39-13-12-38-11-10-37-9-8-35/h2-33H2,1H3. The quantitative estimate of drug-likeness (QED) is 0.0507. The predicted octanol–water partition coefficient (Wildman–Crippen LogP) is 3.48. The van der Waals surface area contributed by atoms with Crippen molar-refractivity contribution < 1.29 is 66.4 Å². The van der Waals surface area contributed by atoms with Crippen molar-refractivity contribution >= 4 is 21.9 Å². The Bertz CT molecular complexity index is 623. The molecule has 49 heavy (non-hydrogen) atoms. The van der Waals surface area contributed by atoms with Gasteiger partial charge >= 0.3 is 5.97 Å². The minimum atomic E-state index is -0.148. The Morgan fingerprint density at radius 3 is 0.857 bits per heavy atom. The van der Waals surface area contributed by atoms with Crippen molar-refractivity contribution in [3.05, 3.63) is 0 Å². The molecule has 0 spiro atoms.